The van der Waals surface area contributed by atoms with E-state index in [1.54, 1.807) is 14.1 Å². The maximum atomic E-state index is 13.4. The van der Waals surface area contributed by atoms with Gasteiger partial charge in [0, 0.05) is 37.8 Å². The highest BCUT2D eigenvalue weighted by Gasteiger charge is 2.43. The third kappa shape index (κ3) is 4.49. The minimum atomic E-state index is -4.42. The van der Waals surface area contributed by atoms with Gasteiger partial charge in [-0.1, -0.05) is 30.3 Å². The quantitative estimate of drug-likeness (QED) is 0.718. The predicted octanol–water partition coefficient (Wildman–Crippen LogP) is 4.98. The molecule has 2 aliphatic rings. The Morgan fingerprint density at radius 1 is 1.16 bits per heavy atom. The minimum Gasteiger partial charge on any atom is -0.378 e. The third-order valence-electron chi connectivity index (χ3n) is 6.02. The van der Waals surface area contributed by atoms with Gasteiger partial charge < -0.3 is 20.3 Å². The SMILES string of the molecule is CN(C)C(=O)NC[C@H]1CC[C@@H]2[C@H](O1)c1cc(C(F)(F)F)ccc1N[C@H]2c1ccccc1. The summed E-state index contributed by atoms with van der Waals surface area (Å²) in [4.78, 5) is 13.3. The summed E-state index contributed by atoms with van der Waals surface area (Å²) in [5.74, 6) is -0.0146. The van der Waals surface area contributed by atoms with Gasteiger partial charge in [0.1, 0.15) is 0 Å². The van der Waals surface area contributed by atoms with E-state index in [1.165, 1.54) is 17.0 Å². The number of benzene rings is 2. The summed E-state index contributed by atoms with van der Waals surface area (Å²) in [6.45, 7) is 0.317. The van der Waals surface area contributed by atoms with Gasteiger partial charge in [-0.15, -0.1) is 0 Å². The molecule has 2 aromatic rings. The van der Waals surface area contributed by atoms with Gasteiger partial charge in [-0.05, 0) is 36.6 Å². The Hall–Kier alpha value is -2.74. The number of carbonyl (C=O) groups is 1. The Bertz CT molecular complexity index is 933. The molecule has 0 saturated carbocycles. The molecule has 1 fully saturated rings. The second-order valence-corrected chi connectivity index (χ2v) is 8.33. The average molecular weight is 433 g/mol. The van der Waals surface area contributed by atoms with Crippen LogP contribution in [0.1, 0.15) is 41.7 Å². The highest BCUT2D eigenvalue weighted by atomic mass is 19.4. The molecule has 0 bridgehead atoms. The molecule has 4 rings (SSSR count). The van der Waals surface area contributed by atoms with Crippen molar-refractivity contribution in [1.82, 2.24) is 10.2 Å². The molecule has 5 nitrogen and oxygen atoms in total. The molecule has 2 amide bonds. The van der Waals surface area contributed by atoms with E-state index in [9.17, 15) is 18.0 Å². The molecule has 2 aromatic carbocycles. The van der Waals surface area contributed by atoms with Crippen molar-refractivity contribution in [2.45, 2.75) is 37.3 Å². The van der Waals surface area contributed by atoms with E-state index in [0.717, 1.165) is 18.1 Å². The number of ether oxygens (including phenoxy) is 1. The Labute approximate surface area is 179 Å². The second kappa shape index (κ2) is 8.42. The molecule has 1 saturated heterocycles. The summed E-state index contributed by atoms with van der Waals surface area (Å²) in [5, 5.41) is 6.26. The minimum absolute atomic E-state index is 0.0146. The zero-order valence-electron chi connectivity index (χ0n) is 17.4. The molecule has 0 radical (unpaired) electrons. The average Bonchev–Trinajstić information content (AvgIpc) is 2.76. The van der Waals surface area contributed by atoms with Crippen LogP contribution in [0.4, 0.5) is 23.7 Å². The van der Waals surface area contributed by atoms with Crippen LogP contribution in [0.5, 0.6) is 0 Å². The Morgan fingerprint density at radius 3 is 2.58 bits per heavy atom. The number of anilines is 1. The first kappa shape index (κ1) is 21.5. The number of halogens is 3. The lowest BCUT2D eigenvalue weighted by Gasteiger charge is -2.46. The molecule has 8 heteroatoms. The van der Waals surface area contributed by atoms with Gasteiger partial charge in [0.15, 0.2) is 0 Å². The second-order valence-electron chi connectivity index (χ2n) is 8.33. The van der Waals surface area contributed by atoms with Crippen LogP contribution < -0.4 is 10.6 Å². The summed E-state index contributed by atoms with van der Waals surface area (Å²) in [7, 11) is 3.30. The summed E-state index contributed by atoms with van der Waals surface area (Å²) in [6, 6.07) is 13.4. The Morgan fingerprint density at radius 2 is 1.90 bits per heavy atom. The van der Waals surface area contributed by atoms with Crippen LogP contribution in [-0.4, -0.2) is 37.7 Å². The molecule has 0 aromatic heterocycles. The van der Waals surface area contributed by atoms with Crippen LogP contribution in [0.15, 0.2) is 48.5 Å². The number of nitrogens with zero attached hydrogens (tertiary/aromatic N) is 1. The van der Waals surface area contributed by atoms with Crippen molar-refractivity contribution in [3.63, 3.8) is 0 Å². The number of carbonyl (C=O) groups excluding carboxylic acids is 1. The number of alkyl halides is 3. The van der Waals surface area contributed by atoms with E-state index < -0.39 is 17.8 Å². The van der Waals surface area contributed by atoms with Crippen LogP contribution >= 0.6 is 0 Å². The van der Waals surface area contributed by atoms with Crippen molar-refractivity contribution in [1.29, 1.82) is 0 Å². The van der Waals surface area contributed by atoms with Gasteiger partial charge in [0.25, 0.3) is 0 Å². The molecule has 0 spiro atoms. The zero-order valence-corrected chi connectivity index (χ0v) is 17.4. The van der Waals surface area contributed by atoms with Crippen molar-refractivity contribution in [3.05, 3.63) is 65.2 Å². The fourth-order valence-corrected chi connectivity index (χ4v) is 4.43. The molecule has 2 heterocycles. The van der Waals surface area contributed by atoms with Crippen molar-refractivity contribution in [2.75, 3.05) is 26.0 Å². The third-order valence-corrected chi connectivity index (χ3v) is 6.02. The normalized spacial score (nSPS) is 25.1. The largest absolute Gasteiger partial charge is 0.416 e. The zero-order chi connectivity index (χ0) is 22.2. The molecule has 0 unspecified atom stereocenters. The van der Waals surface area contributed by atoms with Gasteiger partial charge in [0.2, 0.25) is 0 Å². The van der Waals surface area contributed by atoms with Crippen molar-refractivity contribution in [3.8, 4) is 0 Å². The summed E-state index contributed by atoms with van der Waals surface area (Å²) < 4.78 is 46.4. The van der Waals surface area contributed by atoms with Gasteiger partial charge >= 0.3 is 12.2 Å². The first-order chi connectivity index (χ1) is 14.7. The number of fused-ring (bicyclic) bond motifs is 3. The Kier molecular flexibility index (Phi) is 5.83. The lowest BCUT2D eigenvalue weighted by atomic mass is 9.76. The highest BCUT2D eigenvalue weighted by molar-refractivity contribution is 5.73. The summed E-state index contributed by atoms with van der Waals surface area (Å²) in [6.07, 6.45) is -3.68. The van der Waals surface area contributed by atoms with E-state index in [4.69, 9.17) is 4.74 Å². The fourth-order valence-electron chi connectivity index (χ4n) is 4.43. The number of amides is 2. The molecular formula is C23H26F3N3O2. The lowest BCUT2D eigenvalue weighted by Crippen LogP contribution is -2.44. The molecular weight excluding hydrogens is 407 g/mol. The van der Waals surface area contributed by atoms with Crippen molar-refractivity contribution >= 4 is 11.7 Å². The van der Waals surface area contributed by atoms with Gasteiger partial charge in [-0.25, -0.2) is 4.79 Å². The lowest BCUT2D eigenvalue weighted by molar-refractivity contribution is -0.138. The number of urea groups is 1. The van der Waals surface area contributed by atoms with E-state index in [0.29, 0.717) is 24.2 Å². The van der Waals surface area contributed by atoms with Crippen LogP contribution in [0.2, 0.25) is 0 Å². The Balaban J connectivity index is 1.64. The van der Waals surface area contributed by atoms with Crippen LogP contribution in [0, 0.1) is 5.92 Å². The predicted molar refractivity (Wildman–Crippen MR) is 112 cm³/mol. The molecule has 31 heavy (non-hydrogen) atoms. The van der Waals surface area contributed by atoms with E-state index >= 15 is 0 Å². The van der Waals surface area contributed by atoms with Gasteiger partial charge in [0.05, 0.1) is 23.8 Å². The smallest absolute Gasteiger partial charge is 0.378 e. The fraction of sp³-hybridized carbons (Fsp3) is 0.435. The maximum absolute atomic E-state index is 13.4. The molecule has 166 valence electrons. The van der Waals surface area contributed by atoms with Gasteiger partial charge in [-0.3, -0.25) is 0 Å². The highest BCUT2D eigenvalue weighted by Crippen LogP contribution is 2.51. The molecule has 4 atom stereocenters. The number of rotatable bonds is 3. The number of nitrogens with one attached hydrogen (secondary N) is 2. The van der Waals surface area contributed by atoms with Gasteiger partial charge in [-0.2, -0.15) is 13.2 Å². The van der Waals surface area contributed by atoms with Crippen LogP contribution in [-0.2, 0) is 10.9 Å². The maximum Gasteiger partial charge on any atom is 0.416 e. The topological polar surface area (TPSA) is 53.6 Å². The standard InChI is InChI=1S/C23H26F3N3O2/c1-29(2)22(30)27-13-16-9-10-17-20(14-6-4-3-5-7-14)28-19-11-8-15(23(24,25)26)12-18(19)21(17)31-16/h3-8,11-12,16-17,20-21,28H,9-10,13H2,1-2H3,(H,27,30)/t16-,17+,20+,21+/m1/s1. The monoisotopic (exact) mass is 433 g/mol. The number of hydrogen-bond acceptors (Lipinski definition) is 3. The van der Waals surface area contributed by atoms with E-state index in [-0.39, 0.29) is 24.1 Å². The van der Waals surface area contributed by atoms with E-state index in [1.807, 2.05) is 30.3 Å². The first-order valence-electron chi connectivity index (χ1n) is 10.4. The van der Waals surface area contributed by atoms with Crippen molar-refractivity contribution < 1.29 is 22.7 Å². The molecule has 2 aliphatic heterocycles. The van der Waals surface area contributed by atoms with Crippen LogP contribution in [0.3, 0.4) is 0 Å². The summed E-state index contributed by atoms with van der Waals surface area (Å²) in [5.41, 5.74) is 1.57. The number of hydrogen-bond donors (Lipinski definition) is 2. The molecule has 0 aliphatic carbocycles. The summed E-state index contributed by atoms with van der Waals surface area (Å²) >= 11 is 0. The van der Waals surface area contributed by atoms with E-state index in [2.05, 4.69) is 10.6 Å². The molecule has 2 N–H and O–H groups in total. The van der Waals surface area contributed by atoms with Crippen molar-refractivity contribution in [2.24, 2.45) is 5.92 Å². The first-order valence-corrected chi connectivity index (χ1v) is 10.4. The van der Waals surface area contributed by atoms with Crippen LogP contribution in [0.25, 0.3) is 0 Å².